The second kappa shape index (κ2) is 10.8. The number of nitrogens with zero attached hydrogens (tertiary/aromatic N) is 1. The molecule has 1 aromatic rings. The summed E-state index contributed by atoms with van der Waals surface area (Å²) in [5, 5.41) is 6.54. The molecule has 140 valence electrons. The van der Waals surface area contributed by atoms with Gasteiger partial charge in [-0.15, -0.1) is 0 Å². The van der Waals surface area contributed by atoms with Crippen molar-refractivity contribution in [3.05, 3.63) is 23.8 Å². The van der Waals surface area contributed by atoms with Gasteiger partial charge >= 0.3 is 0 Å². The first-order valence-electron chi connectivity index (χ1n) is 9.12. The molecule has 1 saturated carbocycles. The monoisotopic (exact) mass is 349 g/mol. The van der Waals surface area contributed by atoms with Crippen LogP contribution in [0.4, 0.5) is 0 Å². The third kappa shape index (κ3) is 6.46. The van der Waals surface area contributed by atoms with E-state index in [1.54, 1.807) is 14.2 Å². The van der Waals surface area contributed by atoms with Crippen LogP contribution in [-0.2, 0) is 11.3 Å². The fraction of sp³-hybridized carbons (Fsp3) is 0.632. The van der Waals surface area contributed by atoms with Gasteiger partial charge in [0, 0.05) is 26.7 Å². The highest BCUT2D eigenvalue weighted by atomic mass is 16.5. The highest BCUT2D eigenvalue weighted by Gasteiger charge is 2.18. The van der Waals surface area contributed by atoms with E-state index in [9.17, 15) is 0 Å². The molecule has 2 rings (SSSR count). The maximum Gasteiger partial charge on any atom is 0.191 e. The van der Waals surface area contributed by atoms with Gasteiger partial charge in [0.05, 0.1) is 19.8 Å². The third-order valence-electron chi connectivity index (χ3n) is 4.25. The van der Waals surface area contributed by atoms with Crippen molar-refractivity contribution in [1.29, 1.82) is 0 Å². The van der Waals surface area contributed by atoms with Crippen LogP contribution >= 0.6 is 0 Å². The Bertz CT molecular complexity index is 543. The van der Waals surface area contributed by atoms with Gasteiger partial charge in [0.1, 0.15) is 0 Å². The summed E-state index contributed by atoms with van der Waals surface area (Å²) in [6.45, 7) is 4.77. The summed E-state index contributed by atoms with van der Waals surface area (Å²) in [6.07, 6.45) is 5.06. The fourth-order valence-electron chi connectivity index (χ4n) is 2.90. The zero-order valence-electron chi connectivity index (χ0n) is 15.6. The number of aliphatic imine (C=N–C) groups is 1. The van der Waals surface area contributed by atoms with Crippen molar-refractivity contribution < 1.29 is 14.2 Å². The number of nitrogens with one attached hydrogen (secondary N) is 2. The first-order valence-corrected chi connectivity index (χ1v) is 9.12. The SMILES string of the molecule is CCOCCNC(=NC)NCc1ccc(OC)c(OC2CCCC2)c1. The molecule has 0 bridgehead atoms. The predicted octanol–water partition coefficient (Wildman–Crippen LogP) is 2.72. The van der Waals surface area contributed by atoms with Crippen molar-refractivity contribution >= 4 is 5.96 Å². The van der Waals surface area contributed by atoms with E-state index in [-0.39, 0.29) is 0 Å². The molecule has 2 N–H and O–H groups in total. The molecule has 0 aromatic heterocycles. The summed E-state index contributed by atoms with van der Waals surface area (Å²) >= 11 is 0. The Morgan fingerprint density at radius 1 is 1.20 bits per heavy atom. The van der Waals surface area contributed by atoms with Crippen LogP contribution in [-0.4, -0.2) is 46.0 Å². The van der Waals surface area contributed by atoms with Crippen LogP contribution < -0.4 is 20.1 Å². The minimum Gasteiger partial charge on any atom is -0.493 e. The van der Waals surface area contributed by atoms with Crippen LogP contribution in [0.3, 0.4) is 0 Å². The van der Waals surface area contributed by atoms with Gasteiger partial charge in [-0.05, 0) is 50.3 Å². The molecule has 0 amide bonds. The van der Waals surface area contributed by atoms with Crippen LogP contribution in [0.25, 0.3) is 0 Å². The summed E-state index contributed by atoms with van der Waals surface area (Å²) < 4.78 is 16.9. The highest BCUT2D eigenvalue weighted by molar-refractivity contribution is 5.79. The number of methoxy groups -OCH3 is 1. The lowest BCUT2D eigenvalue weighted by atomic mass is 10.2. The van der Waals surface area contributed by atoms with Crippen LogP contribution in [0.5, 0.6) is 11.5 Å². The van der Waals surface area contributed by atoms with Crippen LogP contribution in [0.1, 0.15) is 38.2 Å². The van der Waals surface area contributed by atoms with E-state index in [1.165, 1.54) is 12.8 Å². The number of rotatable bonds is 9. The van der Waals surface area contributed by atoms with Gasteiger partial charge in [0.15, 0.2) is 17.5 Å². The smallest absolute Gasteiger partial charge is 0.191 e. The highest BCUT2D eigenvalue weighted by Crippen LogP contribution is 2.32. The summed E-state index contributed by atoms with van der Waals surface area (Å²) in [7, 11) is 3.44. The topological polar surface area (TPSA) is 64.1 Å². The average molecular weight is 349 g/mol. The van der Waals surface area contributed by atoms with E-state index >= 15 is 0 Å². The average Bonchev–Trinajstić information content (AvgIpc) is 3.14. The van der Waals surface area contributed by atoms with Crippen LogP contribution in [0.2, 0.25) is 0 Å². The van der Waals surface area contributed by atoms with E-state index in [2.05, 4.69) is 21.7 Å². The first kappa shape index (κ1) is 19.4. The zero-order valence-corrected chi connectivity index (χ0v) is 15.6. The summed E-state index contributed by atoms with van der Waals surface area (Å²) in [4.78, 5) is 4.22. The van der Waals surface area contributed by atoms with Gasteiger partial charge < -0.3 is 24.8 Å². The molecule has 1 fully saturated rings. The first-order chi connectivity index (χ1) is 12.3. The standard InChI is InChI=1S/C19H31N3O3/c1-4-24-12-11-21-19(20-2)22-14-15-9-10-17(23-3)18(13-15)25-16-7-5-6-8-16/h9-10,13,16H,4-8,11-12,14H2,1-3H3,(H2,20,21,22). The van der Waals surface area contributed by atoms with Gasteiger partial charge in [-0.3, -0.25) is 4.99 Å². The minimum atomic E-state index is 0.310. The molecule has 0 atom stereocenters. The van der Waals surface area contributed by atoms with E-state index in [0.29, 0.717) is 19.3 Å². The Morgan fingerprint density at radius 2 is 2.00 bits per heavy atom. The second-order valence-corrected chi connectivity index (χ2v) is 6.06. The lowest BCUT2D eigenvalue weighted by Gasteiger charge is -2.17. The number of benzene rings is 1. The predicted molar refractivity (Wildman–Crippen MR) is 101 cm³/mol. The van der Waals surface area contributed by atoms with Gasteiger partial charge in [0.2, 0.25) is 0 Å². The second-order valence-electron chi connectivity index (χ2n) is 6.06. The molecule has 1 aliphatic rings. The number of ether oxygens (including phenoxy) is 3. The van der Waals surface area contributed by atoms with Crippen LogP contribution in [0, 0.1) is 0 Å². The molecule has 0 spiro atoms. The fourth-order valence-corrected chi connectivity index (χ4v) is 2.90. The Morgan fingerprint density at radius 3 is 2.68 bits per heavy atom. The molecule has 1 aromatic carbocycles. The molecule has 0 saturated heterocycles. The molecule has 6 heteroatoms. The van der Waals surface area contributed by atoms with Gasteiger partial charge in [-0.1, -0.05) is 6.07 Å². The van der Waals surface area contributed by atoms with E-state index in [1.807, 2.05) is 19.1 Å². The largest absolute Gasteiger partial charge is 0.493 e. The number of guanidine groups is 1. The quantitative estimate of drug-likeness (QED) is 0.408. The Hall–Kier alpha value is -1.95. The molecule has 0 heterocycles. The van der Waals surface area contributed by atoms with Gasteiger partial charge in [-0.25, -0.2) is 0 Å². The molecule has 0 unspecified atom stereocenters. The number of hydrogen-bond acceptors (Lipinski definition) is 4. The lowest BCUT2D eigenvalue weighted by Crippen LogP contribution is -2.38. The van der Waals surface area contributed by atoms with Gasteiger partial charge in [-0.2, -0.15) is 0 Å². The molecule has 6 nitrogen and oxygen atoms in total. The maximum atomic E-state index is 6.15. The minimum absolute atomic E-state index is 0.310. The van der Waals surface area contributed by atoms with Crippen LogP contribution in [0.15, 0.2) is 23.2 Å². The molecule has 25 heavy (non-hydrogen) atoms. The van der Waals surface area contributed by atoms with Gasteiger partial charge in [0.25, 0.3) is 0 Å². The number of hydrogen-bond donors (Lipinski definition) is 2. The third-order valence-corrected chi connectivity index (χ3v) is 4.25. The summed E-state index contributed by atoms with van der Waals surface area (Å²) in [5.41, 5.74) is 1.13. The Balaban J connectivity index is 1.89. The maximum absolute atomic E-state index is 6.15. The zero-order chi connectivity index (χ0) is 17.9. The molecule has 0 radical (unpaired) electrons. The van der Waals surface area contributed by atoms with Crippen molar-refractivity contribution in [2.75, 3.05) is 33.9 Å². The van der Waals surface area contributed by atoms with E-state index in [0.717, 1.165) is 49.0 Å². The molecular weight excluding hydrogens is 318 g/mol. The molecular formula is C19H31N3O3. The summed E-state index contributed by atoms with van der Waals surface area (Å²) in [6, 6.07) is 6.06. The van der Waals surface area contributed by atoms with Crippen molar-refractivity contribution in [1.82, 2.24) is 10.6 Å². The van der Waals surface area contributed by atoms with Crippen molar-refractivity contribution in [3.63, 3.8) is 0 Å². The van der Waals surface area contributed by atoms with Crippen molar-refractivity contribution in [3.8, 4) is 11.5 Å². The van der Waals surface area contributed by atoms with Crippen molar-refractivity contribution in [2.45, 2.75) is 45.3 Å². The lowest BCUT2D eigenvalue weighted by molar-refractivity contribution is 0.152. The Labute approximate surface area is 151 Å². The van der Waals surface area contributed by atoms with Crippen molar-refractivity contribution in [2.24, 2.45) is 4.99 Å². The normalized spacial score (nSPS) is 15.2. The molecule has 1 aliphatic carbocycles. The van der Waals surface area contributed by atoms with E-state index < -0.39 is 0 Å². The Kier molecular flexibility index (Phi) is 8.39. The molecule has 0 aliphatic heterocycles. The van der Waals surface area contributed by atoms with E-state index in [4.69, 9.17) is 14.2 Å². The summed E-state index contributed by atoms with van der Waals surface area (Å²) in [5.74, 6) is 2.37.